The standard InChI is InChI=1S/C14H26O3SSi/c1-15-19(16-2,17-3)8-4-7-18-11-14-10-12-5-6-13(14)9-12/h5-6,12-14H,4,7-11H2,1-3H3. The summed E-state index contributed by atoms with van der Waals surface area (Å²) in [4.78, 5) is 0. The topological polar surface area (TPSA) is 27.7 Å². The van der Waals surface area contributed by atoms with Crippen LogP contribution in [0.15, 0.2) is 12.2 Å². The number of rotatable bonds is 9. The van der Waals surface area contributed by atoms with Crippen molar-refractivity contribution in [3.05, 3.63) is 12.2 Å². The van der Waals surface area contributed by atoms with Gasteiger partial charge in [0.15, 0.2) is 0 Å². The second-order valence-corrected chi connectivity index (χ2v) is 9.75. The van der Waals surface area contributed by atoms with Crippen LogP contribution in [-0.4, -0.2) is 41.6 Å². The van der Waals surface area contributed by atoms with Crippen molar-refractivity contribution in [1.29, 1.82) is 0 Å². The molecule has 19 heavy (non-hydrogen) atoms. The van der Waals surface area contributed by atoms with Crippen molar-refractivity contribution in [3.63, 3.8) is 0 Å². The van der Waals surface area contributed by atoms with E-state index in [4.69, 9.17) is 13.3 Å². The molecule has 0 spiro atoms. The second-order valence-electron chi connectivity index (χ2n) is 5.51. The lowest BCUT2D eigenvalue weighted by atomic mass is 9.96. The van der Waals surface area contributed by atoms with Gasteiger partial charge in [0, 0.05) is 27.4 Å². The summed E-state index contributed by atoms with van der Waals surface area (Å²) in [5.41, 5.74) is 0. The molecule has 0 amide bonds. The van der Waals surface area contributed by atoms with E-state index in [9.17, 15) is 0 Å². The van der Waals surface area contributed by atoms with Crippen LogP contribution in [0.4, 0.5) is 0 Å². The maximum absolute atomic E-state index is 5.43. The highest BCUT2D eigenvalue weighted by molar-refractivity contribution is 7.99. The SMILES string of the molecule is CO[Si](CCCSCC1CC2C=CC1C2)(OC)OC. The van der Waals surface area contributed by atoms with Gasteiger partial charge in [0.25, 0.3) is 0 Å². The Balaban J connectivity index is 1.58. The van der Waals surface area contributed by atoms with E-state index in [-0.39, 0.29) is 0 Å². The minimum Gasteiger partial charge on any atom is -0.377 e. The van der Waals surface area contributed by atoms with E-state index in [1.54, 1.807) is 21.3 Å². The third-order valence-electron chi connectivity index (χ3n) is 4.45. The number of fused-ring (bicyclic) bond motifs is 2. The van der Waals surface area contributed by atoms with Gasteiger partial charge >= 0.3 is 8.80 Å². The summed E-state index contributed by atoms with van der Waals surface area (Å²) < 4.78 is 16.3. The van der Waals surface area contributed by atoms with Crippen LogP contribution >= 0.6 is 11.8 Å². The summed E-state index contributed by atoms with van der Waals surface area (Å²) in [6.45, 7) is 0. The van der Waals surface area contributed by atoms with Crippen LogP contribution in [0.25, 0.3) is 0 Å². The summed E-state index contributed by atoms with van der Waals surface area (Å²) in [5.74, 6) is 5.19. The van der Waals surface area contributed by atoms with Gasteiger partial charge in [-0.05, 0) is 48.5 Å². The first-order chi connectivity index (χ1) is 9.23. The van der Waals surface area contributed by atoms with Crippen molar-refractivity contribution in [3.8, 4) is 0 Å². The van der Waals surface area contributed by atoms with Gasteiger partial charge in [0.05, 0.1) is 0 Å². The normalized spacial score (nSPS) is 29.3. The van der Waals surface area contributed by atoms with Crippen LogP contribution in [-0.2, 0) is 13.3 Å². The summed E-state index contributed by atoms with van der Waals surface area (Å²) >= 11 is 2.08. The van der Waals surface area contributed by atoms with Gasteiger partial charge in [0.2, 0.25) is 0 Å². The minimum atomic E-state index is -2.34. The fourth-order valence-corrected chi connectivity index (χ4v) is 6.45. The molecule has 3 atom stereocenters. The molecule has 0 aromatic carbocycles. The lowest BCUT2D eigenvalue weighted by Gasteiger charge is -2.24. The molecular formula is C14H26O3SSi. The van der Waals surface area contributed by atoms with E-state index >= 15 is 0 Å². The third kappa shape index (κ3) is 3.85. The Labute approximate surface area is 122 Å². The fraction of sp³-hybridized carbons (Fsp3) is 0.857. The molecule has 2 rings (SSSR count). The highest BCUT2D eigenvalue weighted by Gasteiger charge is 2.37. The lowest BCUT2D eigenvalue weighted by Crippen LogP contribution is -2.42. The molecule has 1 fully saturated rings. The first kappa shape index (κ1) is 15.6. The van der Waals surface area contributed by atoms with Crippen LogP contribution < -0.4 is 0 Å². The maximum atomic E-state index is 5.43. The first-order valence-electron chi connectivity index (χ1n) is 7.14. The van der Waals surface area contributed by atoms with Gasteiger partial charge in [-0.25, -0.2) is 0 Å². The van der Waals surface area contributed by atoms with Crippen LogP contribution in [0.3, 0.4) is 0 Å². The summed E-state index contributed by atoms with van der Waals surface area (Å²) in [6.07, 6.45) is 8.81. The quantitative estimate of drug-likeness (QED) is 0.371. The largest absolute Gasteiger partial charge is 0.500 e. The molecule has 110 valence electrons. The molecule has 2 aliphatic rings. The van der Waals surface area contributed by atoms with Crippen LogP contribution in [0.5, 0.6) is 0 Å². The molecule has 0 heterocycles. The Hall–Kier alpha value is 0.187. The molecule has 0 saturated heterocycles. The van der Waals surface area contributed by atoms with Crippen LogP contribution in [0, 0.1) is 17.8 Å². The molecule has 0 aromatic heterocycles. The predicted molar refractivity (Wildman–Crippen MR) is 82.4 cm³/mol. The molecule has 1 saturated carbocycles. The van der Waals surface area contributed by atoms with Crippen molar-refractivity contribution >= 4 is 20.6 Å². The Morgan fingerprint density at radius 1 is 1.11 bits per heavy atom. The maximum Gasteiger partial charge on any atom is 0.500 e. The highest BCUT2D eigenvalue weighted by atomic mass is 32.2. The van der Waals surface area contributed by atoms with Crippen LogP contribution in [0.2, 0.25) is 6.04 Å². The Morgan fingerprint density at radius 3 is 2.37 bits per heavy atom. The minimum absolute atomic E-state index is 0.878. The molecule has 3 nitrogen and oxygen atoms in total. The zero-order chi connectivity index (χ0) is 13.7. The third-order valence-corrected chi connectivity index (χ3v) is 8.53. The summed E-state index contributed by atoms with van der Waals surface area (Å²) in [7, 11) is 2.73. The summed E-state index contributed by atoms with van der Waals surface area (Å²) in [6, 6.07) is 0.917. The Kier molecular flexibility index (Phi) is 5.96. The first-order valence-corrected chi connectivity index (χ1v) is 10.2. The van der Waals surface area contributed by atoms with Gasteiger partial charge in [-0.15, -0.1) is 0 Å². The van der Waals surface area contributed by atoms with Gasteiger partial charge in [-0.3, -0.25) is 0 Å². The number of hydrogen-bond donors (Lipinski definition) is 0. The molecular weight excluding hydrogens is 276 g/mol. The smallest absolute Gasteiger partial charge is 0.377 e. The lowest BCUT2D eigenvalue weighted by molar-refractivity contribution is 0.123. The Morgan fingerprint density at radius 2 is 1.84 bits per heavy atom. The molecule has 0 radical (unpaired) electrons. The number of hydrogen-bond acceptors (Lipinski definition) is 4. The molecule has 3 unspecified atom stereocenters. The van der Waals surface area contributed by atoms with E-state index in [2.05, 4.69) is 23.9 Å². The van der Waals surface area contributed by atoms with E-state index in [0.29, 0.717) is 0 Å². The zero-order valence-electron chi connectivity index (χ0n) is 12.3. The van der Waals surface area contributed by atoms with Gasteiger partial charge in [-0.1, -0.05) is 12.2 Å². The van der Waals surface area contributed by atoms with E-state index in [1.807, 2.05) is 0 Å². The second kappa shape index (κ2) is 7.27. The van der Waals surface area contributed by atoms with Crippen LogP contribution in [0.1, 0.15) is 19.3 Å². The van der Waals surface area contributed by atoms with E-state index in [1.165, 1.54) is 24.3 Å². The number of allylic oxidation sites excluding steroid dienone is 2. The van der Waals surface area contributed by atoms with Gasteiger partial charge in [-0.2, -0.15) is 11.8 Å². The zero-order valence-corrected chi connectivity index (χ0v) is 14.1. The monoisotopic (exact) mass is 302 g/mol. The van der Waals surface area contributed by atoms with Gasteiger partial charge < -0.3 is 13.3 Å². The average Bonchev–Trinajstić information content (AvgIpc) is 3.06. The van der Waals surface area contributed by atoms with E-state index < -0.39 is 8.80 Å². The number of thioether (sulfide) groups is 1. The summed E-state index contributed by atoms with van der Waals surface area (Å²) in [5, 5.41) is 0. The van der Waals surface area contributed by atoms with Crippen molar-refractivity contribution in [2.24, 2.45) is 17.8 Å². The fourth-order valence-electron chi connectivity index (χ4n) is 3.27. The molecule has 2 aliphatic carbocycles. The molecule has 0 aromatic rings. The van der Waals surface area contributed by atoms with Crippen molar-refractivity contribution in [2.75, 3.05) is 32.8 Å². The van der Waals surface area contributed by atoms with E-state index in [0.717, 1.165) is 30.2 Å². The average molecular weight is 303 g/mol. The van der Waals surface area contributed by atoms with Crippen molar-refractivity contribution < 1.29 is 13.3 Å². The van der Waals surface area contributed by atoms with Gasteiger partial charge in [0.1, 0.15) is 0 Å². The molecule has 2 bridgehead atoms. The Bertz CT molecular complexity index is 299. The van der Waals surface area contributed by atoms with Crippen molar-refractivity contribution in [2.45, 2.75) is 25.3 Å². The highest BCUT2D eigenvalue weighted by Crippen LogP contribution is 2.44. The van der Waals surface area contributed by atoms with Crippen molar-refractivity contribution in [1.82, 2.24) is 0 Å². The predicted octanol–water partition coefficient (Wildman–Crippen LogP) is 3.20. The molecule has 0 N–H and O–H groups in total. The molecule has 5 heteroatoms. The molecule has 0 aliphatic heterocycles.